The highest BCUT2D eigenvalue weighted by molar-refractivity contribution is 7.94. The van der Waals surface area contributed by atoms with Crippen molar-refractivity contribution in [3.05, 3.63) is 200 Å². The van der Waals surface area contributed by atoms with Crippen molar-refractivity contribution in [3.63, 3.8) is 0 Å². The van der Waals surface area contributed by atoms with Crippen LogP contribution in [0.25, 0.3) is 0 Å². The quantitative estimate of drug-likeness (QED) is 0.0644. The van der Waals surface area contributed by atoms with Crippen molar-refractivity contribution in [3.8, 4) is 0 Å². The van der Waals surface area contributed by atoms with Gasteiger partial charge in [-0.15, -0.1) is 0 Å². The third-order valence-electron chi connectivity index (χ3n) is 16.9. The zero-order chi connectivity index (χ0) is 64.2. The lowest BCUT2D eigenvalue weighted by atomic mass is 9.89. The lowest BCUT2D eigenvalue weighted by molar-refractivity contribution is -0.177. The molecule has 2 aliphatic heterocycles. The predicted molar refractivity (Wildman–Crippen MR) is 341 cm³/mol. The van der Waals surface area contributed by atoms with Crippen molar-refractivity contribution in [1.82, 2.24) is 9.80 Å². The van der Waals surface area contributed by atoms with Crippen LogP contribution in [-0.4, -0.2) is 115 Å². The molecule has 0 radical (unpaired) electrons. The molecule has 2 heterocycles. The van der Waals surface area contributed by atoms with Crippen LogP contribution < -0.4 is 18.9 Å². The van der Waals surface area contributed by atoms with E-state index in [9.17, 15) is 43.3 Å². The van der Waals surface area contributed by atoms with Gasteiger partial charge in [0.2, 0.25) is 40.1 Å². The molecule has 6 aliphatic rings. The number of benzene rings is 6. The number of morpholine rings is 2. The molecule has 0 spiro atoms. The maximum atomic E-state index is 15.3. The summed E-state index contributed by atoms with van der Waals surface area (Å²) in [5.41, 5.74) is 2.19. The van der Waals surface area contributed by atoms with E-state index in [1.807, 2.05) is 0 Å². The summed E-state index contributed by atoms with van der Waals surface area (Å²) in [7, 11) is -16.3. The average Bonchev–Trinajstić information content (AvgIpc) is 1.29. The number of para-hydroxylation sites is 2. The van der Waals surface area contributed by atoms with Gasteiger partial charge in [0.15, 0.2) is 12.2 Å². The summed E-state index contributed by atoms with van der Waals surface area (Å²) < 4.78 is 150. The van der Waals surface area contributed by atoms with Gasteiger partial charge in [0.05, 0.1) is 70.6 Å². The molecule has 6 aromatic carbocycles. The second kappa shape index (κ2) is 26.5. The summed E-state index contributed by atoms with van der Waals surface area (Å²) in [6.45, 7) is -0.463. The number of rotatable bonds is 22. The van der Waals surface area contributed by atoms with E-state index in [2.05, 4.69) is 0 Å². The first-order valence-corrected chi connectivity index (χ1v) is 37.1. The lowest BCUT2D eigenvalue weighted by Gasteiger charge is -2.49. The SMILES string of the molecule is NS(=O)(=O)C[C@@H]1O[C@H](c2cccc(Cl)c2)[C@@H](c2ccc(Cl)cc2)N([C@H](CN(c2ccccc2F)S(=O)(=O)C2CC2)C2CC2)C1=O.NS(=O)(=O)C[C@H]1O[C@H](c2cccc(Cl)c2)[C@@H](c2ccc(Cl)cc2)N([C@H](CN(c2ccccc2F)S(=O)(=O)C2CC2)C2CC2)C1=O. The Balaban J connectivity index is 0.000000185. The van der Waals surface area contributed by atoms with E-state index >= 15 is 8.78 Å². The third kappa shape index (κ3) is 15.1. The molecule has 28 heteroatoms. The fourth-order valence-corrected chi connectivity index (χ4v) is 17.8. The molecule has 0 aromatic heterocycles. The van der Waals surface area contributed by atoms with Gasteiger partial charge in [-0.1, -0.05) is 119 Å². The predicted octanol–water partition coefficient (Wildman–Crippen LogP) is 10.4. The third-order valence-corrected chi connectivity index (χ3v) is 24.0. The molecule has 0 unspecified atom stereocenters. The van der Waals surface area contributed by atoms with Gasteiger partial charge < -0.3 is 19.3 Å². The average molecular weight is 1390 g/mol. The summed E-state index contributed by atoms with van der Waals surface area (Å²) in [5.74, 6) is -4.58. The molecular formula is C62H64Cl4F2N6O12S4. The van der Waals surface area contributed by atoms with Gasteiger partial charge >= 0.3 is 0 Å². The molecule has 90 heavy (non-hydrogen) atoms. The Morgan fingerprint density at radius 3 is 1.10 bits per heavy atom. The van der Waals surface area contributed by atoms with Crippen molar-refractivity contribution in [2.75, 3.05) is 33.2 Å². The zero-order valence-electron chi connectivity index (χ0n) is 48.0. The highest BCUT2D eigenvalue weighted by atomic mass is 35.5. The van der Waals surface area contributed by atoms with Gasteiger partial charge in [0.1, 0.15) is 23.8 Å². The van der Waals surface area contributed by atoms with E-state index < -0.39 is 134 Å². The van der Waals surface area contributed by atoms with Crippen LogP contribution in [0.15, 0.2) is 146 Å². The largest absolute Gasteiger partial charge is 0.357 e. The smallest absolute Gasteiger partial charge is 0.253 e. The highest BCUT2D eigenvalue weighted by Gasteiger charge is 2.55. The van der Waals surface area contributed by atoms with E-state index in [1.165, 1.54) is 36.4 Å². The number of hydrogen-bond donors (Lipinski definition) is 2. The molecule has 6 aromatic rings. The second-order valence-corrected chi connectivity index (χ2v) is 32.9. The Kier molecular flexibility index (Phi) is 19.4. The van der Waals surface area contributed by atoms with Crippen LogP contribution in [0, 0.1) is 23.5 Å². The molecule has 12 rings (SSSR count). The number of halogens is 6. The van der Waals surface area contributed by atoms with Gasteiger partial charge in [-0.3, -0.25) is 18.2 Å². The van der Waals surface area contributed by atoms with E-state index in [4.69, 9.17) is 66.2 Å². The Labute approximate surface area is 542 Å². The molecule has 18 nitrogen and oxygen atoms in total. The second-order valence-electron chi connectivity index (χ2n) is 23.6. The first-order valence-electron chi connectivity index (χ1n) is 29.2. The molecule has 2 amide bonds. The summed E-state index contributed by atoms with van der Waals surface area (Å²) >= 11 is 25.2. The Morgan fingerprint density at radius 1 is 0.456 bits per heavy atom. The van der Waals surface area contributed by atoms with Crippen molar-refractivity contribution < 1.29 is 61.5 Å². The first kappa shape index (κ1) is 66.0. The standard InChI is InChI=1S/2C31H32Cl2FN3O6S2/c2*32-22-12-10-20(11-13-22)29-30(21-4-3-5-23(33)16-21)43-28(18-44(35,39)40)31(38)37(29)27(19-8-9-19)17-36(45(41,42)24-14-15-24)26-7-2-1-6-25(26)34/h2*1-7,10-13,16,19,24,27-30H,8-9,14-15,17-18H2,(H2,35,39,40)/t27-,28+,29-,30-;27-,28-,29-,30-/m11/s1. The summed E-state index contributed by atoms with van der Waals surface area (Å²) in [6, 6.07) is 35.4. The van der Waals surface area contributed by atoms with Crippen molar-refractivity contribution >= 4 is 110 Å². The molecule has 2 saturated heterocycles. The van der Waals surface area contributed by atoms with Gasteiger partial charge in [-0.05, 0) is 158 Å². The number of nitrogens with zero attached hydrogens (tertiary/aromatic N) is 4. The van der Waals surface area contributed by atoms with Crippen LogP contribution in [0.5, 0.6) is 0 Å². The molecule has 0 bridgehead atoms. The number of ether oxygens (including phenoxy) is 2. The maximum absolute atomic E-state index is 15.3. The lowest BCUT2D eigenvalue weighted by Crippen LogP contribution is -2.60. The number of carbonyl (C=O) groups excluding carboxylic acids is 2. The van der Waals surface area contributed by atoms with Crippen molar-refractivity contribution in [1.29, 1.82) is 0 Å². The van der Waals surface area contributed by atoms with Crippen LogP contribution >= 0.6 is 46.4 Å². The van der Waals surface area contributed by atoms with E-state index in [-0.39, 0.29) is 36.3 Å². The Hall–Kier alpha value is -5.48. The van der Waals surface area contributed by atoms with Crippen LogP contribution in [-0.2, 0) is 59.2 Å². The van der Waals surface area contributed by atoms with E-state index in [1.54, 1.807) is 119 Å². The van der Waals surface area contributed by atoms with Crippen LogP contribution in [0.4, 0.5) is 20.2 Å². The maximum Gasteiger partial charge on any atom is 0.253 e. The minimum absolute atomic E-state index is 0.105. The van der Waals surface area contributed by atoms with Gasteiger partial charge in [0.25, 0.3) is 11.8 Å². The monoisotopic (exact) mass is 1390 g/mol. The number of sulfonamides is 4. The normalized spacial score (nSPS) is 23.2. The summed E-state index contributed by atoms with van der Waals surface area (Å²) in [5, 5.41) is 11.2. The van der Waals surface area contributed by atoms with Crippen LogP contribution in [0.1, 0.15) is 97.9 Å². The highest BCUT2D eigenvalue weighted by Crippen LogP contribution is 2.51. The number of hydrogen-bond acceptors (Lipinski definition) is 12. The number of amides is 2. The number of carbonyl (C=O) groups is 2. The fourth-order valence-electron chi connectivity index (χ4n) is 12.1. The number of primary sulfonamides is 2. The molecule has 4 N–H and O–H groups in total. The van der Waals surface area contributed by atoms with Gasteiger partial charge in [0, 0.05) is 20.1 Å². The summed E-state index contributed by atoms with van der Waals surface area (Å²) in [6.07, 6.45) is -0.217. The van der Waals surface area contributed by atoms with Crippen molar-refractivity contribution in [2.45, 2.75) is 110 Å². The molecule has 4 aliphatic carbocycles. The number of anilines is 2. The van der Waals surface area contributed by atoms with E-state index in [0.717, 1.165) is 8.61 Å². The van der Waals surface area contributed by atoms with Gasteiger partial charge in [-0.2, -0.15) is 0 Å². The van der Waals surface area contributed by atoms with Crippen molar-refractivity contribution in [2.24, 2.45) is 22.1 Å². The Bertz CT molecular complexity index is 3870. The molecule has 480 valence electrons. The van der Waals surface area contributed by atoms with E-state index in [0.29, 0.717) is 93.7 Å². The molecule has 8 atom stereocenters. The molecular weight excluding hydrogens is 1330 g/mol. The molecule has 6 fully saturated rings. The Morgan fingerprint density at radius 2 is 0.800 bits per heavy atom. The first-order chi connectivity index (χ1) is 42.7. The topological polar surface area (TPSA) is 254 Å². The summed E-state index contributed by atoms with van der Waals surface area (Å²) in [4.78, 5) is 32.0. The van der Waals surface area contributed by atoms with Gasteiger partial charge in [-0.25, -0.2) is 52.7 Å². The minimum Gasteiger partial charge on any atom is -0.357 e. The molecule has 4 saturated carbocycles. The van der Waals surface area contributed by atoms with Crippen LogP contribution in [0.3, 0.4) is 0 Å². The van der Waals surface area contributed by atoms with Crippen LogP contribution in [0.2, 0.25) is 20.1 Å². The zero-order valence-corrected chi connectivity index (χ0v) is 54.3. The number of nitrogens with two attached hydrogens (primary N) is 2. The fraction of sp³-hybridized carbons (Fsp3) is 0.387. The minimum atomic E-state index is -4.18.